The Morgan fingerprint density at radius 3 is 3.12 bits per heavy atom. The van der Waals surface area contributed by atoms with E-state index >= 15 is 0 Å². The van der Waals surface area contributed by atoms with Crippen molar-refractivity contribution in [2.75, 3.05) is 11.1 Å². The second-order valence-corrected chi connectivity index (χ2v) is 6.42. The van der Waals surface area contributed by atoms with E-state index in [0.717, 1.165) is 23.1 Å². The first-order valence-electron chi connectivity index (χ1n) is 5.18. The molecule has 16 heavy (non-hydrogen) atoms. The summed E-state index contributed by atoms with van der Waals surface area (Å²) in [6.07, 6.45) is 3.72. The van der Waals surface area contributed by atoms with Gasteiger partial charge in [-0.1, -0.05) is 0 Å². The number of pyridine rings is 1. The van der Waals surface area contributed by atoms with Crippen LogP contribution in [0.4, 0.5) is 5.82 Å². The Hall–Kier alpha value is -0.550. The number of halogens is 1. The van der Waals surface area contributed by atoms with Crippen molar-refractivity contribution in [2.45, 2.75) is 24.5 Å². The van der Waals surface area contributed by atoms with E-state index in [1.54, 1.807) is 18.0 Å². The van der Waals surface area contributed by atoms with Gasteiger partial charge < -0.3 is 5.32 Å². The highest BCUT2D eigenvalue weighted by Gasteiger charge is 2.37. The van der Waals surface area contributed by atoms with Crippen LogP contribution in [0.2, 0.25) is 0 Å². The lowest BCUT2D eigenvalue weighted by Crippen LogP contribution is -2.35. The number of hydrogen-bond donors (Lipinski definition) is 1. The Morgan fingerprint density at radius 2 is 2.50 bits per heavy atom. The summed E-state index contributed by atoms with van der Waals surface area (Å²) in [5.74, 6) is 1.71. The van der Waals surface area contributed by atoms with Crippen LogP contribution in [0.5, 0.6) is 0 Å². The van der Waals surface area contributed by atoms with Crippen LogP contribution in [-0.2, 0) is 4.79 Å². The summed E-state index contributed by atoms with van der Waals surface area (Å²) in [5, 5.41) is 2.87. The molecule has 0 radical (unpaired) electrons. The largest absolute Gasteiger partial charge is 0.309 e. The summed E-state index contributed by atoms with van der Waals surface area (Å²) >= 11 is 5.09. The number of anilines is 1. The van der Waals surface area contributed by atoms with E-state index in [1.807, 2.05) is 19.1 Å². The Morgan fingerprint density at radius 1 is 1.69 bits per heavy atom. The molecule has 1 aromatic rings. The predicted molar refractivity (Wildman–Crippen MR) is 70.7 cm³/mol. The maximum Gasteiger partial charge on any atom is 0.241 e. The molecule has 1 aliphatic heterocycles. The first-order valence-corrected chi connectivity index (χ1v) is 6.96. The van der Waals surface area contributed by atoms with Gasteiger partial charge in [0.05, 0.1) is 9.22 Å². The van der Waals surface area contributed by atoms with Crippen molar-refractivity contribution in [3.63, 3.8) is 0 Å². The minimum Gasteiger partial charge on any atom is -0.309 e. The number of nitrogens with zero attached hydrogens (tertiary/aromatic N) is 1. The van der Waals surface area contributed by atoms with E-state index in [9.17, 15) is 4.79 Å². The second-order valence-electron chi connectivity index (χ2n) is 3.97. The molecule has 0 bridgehead atoms. The molecule has 5 heteroatoms. The summed E-state index contributed by atoms with van der Waals surface area (Å²) in [5.41, 5.74) is 0. The van der Waals surface area contributed by atoms with Gasteiger partial charge in [-0.3, -0.25) is 4.79 Å². The quantitative estimate of drug-likeness (QED) is 0.913. The molecule has 1 N–H and O–H groups in total. The van der Waals surface area contributed by atoms with Gasteiger partial charge >= 0.3 is 0 Å². The highest BCUT2D eigenvalue weighted by Crippen LogP contribution is 2.38. The molecule has 86 valence electrons. The van der Waals surface area contributed by atoms with Crippen LogP contribution in [-0.4, -0.2) is 21.4 Å². The second kappa shape index (κ2) is 4.75. The third kappa shape index (κ3) is 2.40. The number of thioether (sulfide) groups is 1. The summed E-state index contributed by atoms with van der Waals surface area (Å²) in [6, 6.07) is 3.69. The maximum atomic E-state index is 12.1. The zero-order valence-corrected chi connectivity index (χ0v) is 11.4. The Balaban J connectivity index is 2.10. The summed E-state index contributed by atoms with van der Waals surface area (Å²) in [7, 11) is 0. The fourth-order valence-electron chi connectivity index (χ4n) is 1.68. The molecule has 2 heterocycles. The maximum absolute atomic E-state index is 12.1. The van der Waals surface area contributed by atoms with Crippen LogP contribution in [0.3, 0.4) is 0 Å². The van der Waals surface area contributed by atoms with Gasteiger partial charge in [-0.15, -0.1) is 11.8 Å². The number of carbonyl (C=O) groups is 1. The highest BCUT2D eigenvalue weighted by atomic mass is 79.9. The van der Waals surface area contributed by atoms with Crippen LogP contribution in [0, 0.1) is 0 Å². The molecular formula is C11H13BrN2OS. The van der Waals surface area contributed by atoms with Gasteiger partial charge in [0.15, 0.2) is 0 Å². The summed E-state index contributed by atoms with van der Waals surface area (Å²) < 4.78 is 0.520. The molecule has 1 saturated heterocycles. The predicted octanol–water partition coefficient (Wildman–Crippen LogP) is 3.07. The first kappa shape index (κ1) is 11.9. The van der Waals surface area contributed by atoms with Crippen LogP contribution in [0.25, 0.3) is 0 Å². The summed E-state index contributed by atoms with van der Waals surface area (Å²) in [4.78, 5) is 16.2. The van der Waals surface area contributed by atoms with Crippen LogP contribution < -0.4 is 5.32 Å². The monoisotopic (exact) mass is 300 g/mol. The van der Waals surface area contributed by atoms with Gasteiger partial charge in [0.25, 0.3) is 0 Å². The fourth-order valence-corrected chi connectivity index (χ4v) is 3.24. The van der Waals surface area contributed by atoms with Crippen molar-refractivity contribution in [3.8, 4) is 0 Å². The average molecular weight is 301 g/mol. The zero-order valence-electron chi connectivity index (χ0n) is 9.00. The summed E-state index contributed by atoms with van der Waals surface area (Å²) in [6.45, 7) is 2.00. The highest BCUT2D eigenvalue weighted by molar-refractivity contribution is 9.10. The lowest BCUT2D eigenvalue weighted by Gasteiger charge is -2.21. The molecule has 1 unspecified atom stereocenters. The van der Waals surface area contributed by atoms with Crippen molar-refractivity contribution in [2.24, 2.45) is 0 Å². The lowest BCUT2D eigenvalue weighted by atomic mass is 10.1. The van der Waals surface area contributed by atoms with Crippen molar-refractivity contribution in [1.82, 2.24) is 4.98 Å². The first-order chi connectivity index (χ1) is 7.62. The minimum absolute atomic E-state index is 0.0504. The van der Waals surface area contributed by atoms with Crippen molar-refractivity contribution < 1.29 is 4.79 Å². The molecule has 1 atom stereocenters. The fraction of sp³-hybridized carbons (Fsp3) is 0.455. The van der Waals surface area contributed by atoms with Crippen molar-refractivity contribution >= 4 is 39.4 Å². The van der Waals surface area contributed by atoms with E-state index in [-0.39, 0.29) is 10.7 Å². The average Bonchev–Trinajstić information content (AvgIpc) is 2.70. The van der Waals surface area contributed by atoms with Crippen molar-refractivity contribution in [1.29, 1.82) is 0 Å². The van der Waals surface area contributed by atoms with Crippen LogP contribution in [0.1, 0.15) is 19.8 Å². The Labute approximate surface area is 108 Å². The Bertz CT molecular complexity index is 405. The van der Waals surface area contributed by atoms with Crippen LogP contribution in [0.15, 0.2) is 22.8 Å². The molecule has 1 fully saturated rings. The van der Waals surface area contributed by atoms with E-state index in [1.165, 1.54) is 0 Å². The number of amides is 1. The molecule has 2 rings (SSSR count). The van der Waals surface area contributed by atoms with E-state index in [0.29, 0.717) is 5.82 Å². The molecular weight excluding hydrogens is 288 g/mol. The smallest absolute Gasteiger partial charge is 0.241 e. The third-order valence-electron chi connectivity index (χ3n) is 2.69. The van der Waals surface area contributed by atoms with Gasteiger partial charge in [0.1, 0.15) is 5.82 Å². The van der Waals surface area contributed by atoms with Gasteiger partial charge in [-0.25, -0.2) is 4.98 Å². The Kier molecular flexibility index (Phi) is 3.54. The topological polar surface area (TPSA) is 42.0 Å². The molecule has 0 spiro atoms. The molecule has 1 amide bonds. The molecule has 3 nitrogen and oxygen atoms in total. The molecule has 1 aliphatic rings. The SMILES string of the molecule is CC1(C(=O)Nc2ncccc2Br)CCCS1. The van der Waals surface area contributed by atoms with Crippen molar-refractivity contribution in [3.05, 3.63) is 22.8 Å². The number of rotatable bonds is 2. The zero-order chi connectivity index (χ0) is 11.6. The molecule has 0 aliphatic carbocycles. The molecule has 0 saturated carbocycles. The number of aromatic nitrogens is 1. The number of nitrogens with one attached hydrogen (secondary N) is 1. The third-order valence-corrected chi connectivity index (χ3v) is 4.85. The standard InChI is InChI=1S/C11H13BrN2OS/c1-11(5-3-7-16-11)10(15)14-9-8(12)4-2-6-13-9/h2,4,6H,3,5,7H2,1H3,(H,13,14,15). The lowest BCUT2D eigenvalue weighted by molar-refractivity contribution is -0.118. The van der Waals surface area contributed by atoms with Gasteiger partial charge in [0, 0.05) is 6.20 Å². The minimum atomic E-state index is -0.295. The van der Waals surface area contributed by atoms with Crippen LogP contribution >= 0.6 is 27.7 Å². The normalized spacial score (nSPS) is 24.4. The molecule has 0 aromatic carbocycles. The van der Waals surface area contributed by atoms with Gasteiger partial charge in [0.2, 0.25) is 5.91 Å². The van der Waals surface area contributed by atoms with E-state index in [2.05, 4.69) is 26.2 Å². The number of hydrogen-bond acceptors (Lipinski definition) is 3. The van der Waals surface area contributed by atoms with Gasteiger partial charge in [-0.05, 0) is 53.6 Å². The molecule has 1 aromatic heterocycles. The van der Waals surface area contributed by atoms with Gasteiger partial charge in [-0.2, -0.15) is 0 Å². The number of carbonyl (C=O) groups excluding carboxylic acids is 1. The van der Waals surface area contributed by atoms with E-state index in [4.69, 9.17) is 0 Å². The van der Waals surface area contributed by atoms with E-state index < -0.39 is 0 Å².